The number of anilines is 1. The fourth-order valence-electron chi connectivity index (χ4n) is 2.47. The van der Waals surface area contributed by atoms with Crippen LogP contribution in [0.1, 0.15) is 12.0 Å². The van der Waals surface area contributed by atoms with E-state index in [9.17, 15) is 4.79 Å². The van der Waals surface area contributed by atoms with Gasteiger partial charge in [-0.05, 0) is 31.0 Å². The van der Waals surface area contributed by atoms with Crippen molar-refractivity contribution in [2.24, 2.45) is 11.7 Å². The molecule has 1 saturated heterocycles. The van der Waals surface area contributed by atoms with E-state index >= 15 is 0 Å². The molecule has 2 atom stereocenters. The second-order valence-corrected chi connectivity index (χ2v) is 4.88. The minimum absolute atomic E-state index is 0.179. The highest BCUT2D eigenvalue weighted by Crippen LogP contribution is 2.26. The Labute approximate surface area is 108 Å². The monoisotopic (exact) mass is 248 g/mol. The molecule has 1 aliphatic heterocycles. The third kappa shape index (κ3) is 2.64. The highest BCUT2D eigenvalue weighted by molar-refractivity contribution is 5.76. The summed E-state index contributed by atoms with van der Waals surface area (Å²) in [4.78, 5) is 13.7. The van der Waals surface area contributed by atoms with Gasteiger partial charge in [-0.15, -0.1) is 0 Å². The summed E-state index contributed by atoms with van der Waals surface area (Å²) in [6.07, 6.45) is 0.935. The number of benzene rings is 1. The lowest BCUT2D eigenvalue weighted by Crippen LogP contribution is -2.40. The molecule has 1 aromatic rings. The molecule has 0 radical (unpaired) electrons. The summed E-state index contributed by atoms with van der Waals surface area (Å²) in [7, 11) is 1.38. The van der Waals surface area contributed by atoms with E-state index < -0.39 is 6.04 Å². The van der Waals surface area contributed by atoms with Gasteiger partial charge in [-0.3, -0.25) is 4.79 Å². The predicted octanol–water partition coefficient (Wildman–Crippen LogP) is 1.32. The first-order chi connectivity index (χ1) is 8.61. The van der Waals surface area contributed by atoms with E-state index in [4.69, 9.17) is 10.5 Å². The van der Waals surface area contributed by atoms with Gasteiger partial charge < -0.3 is 15.4 Å². The quantitative estimate of drug-likeness (QED) is 0.820. The standard InChI is InChI=1S/C14H20N2O2/c1-10-4-3-5-12(8-10)16-7-6-11(9-16)13(15)14(17)18-2/h3-5,8,11,13H,6-7,9,15H2,1-2H3. The average molecular weight is 248 g/mol. The molecule has 0 aliphatic carbocycles. The number of carbonyl (C=O) groups excluding carboxylic acids is 1. The molecule has 0 spiro atoms. The number of hydrogen-bond acceptors (Lipinski definition) is 4. The Kier molecular flexibility index (Phi) is 3.87. The Balaban J connectivity index is 2.02. The molecule has 2 unspecified atom stereocenters. The summed E-state index contributed by atoms with van der Waals surface area (Å²) in [5, 5.41) is 0. The lowest BCUT2D eigenvalue weighted by molar-refractivity contribution is -0.143. The summed E-state index contributed by atoms with van der Waals surface area (Å²) in [6, 6.07) is 7.88. The van der Waals surface area contributed by atoms with E-state index in [1.165, 1.54) is 18.4 Å². The fraction of sp³-hybridized carbons (Fsp3) is 0.500. The van der Waals surface area contributed by atoms with Crippen LogP contribution in [0.3, 0.4) is 0 Å². The number of nitrogens with zero attached hydrogens (tertiary/aromatic N) is 1. The topological polar surface area (TPSA) is 55.6 Å². The second kappa shape index (κ2) is 5.40. The number of aryl methyl sites for hydroxylation is 1. The molecule has 1 aliphatic rings. The van der Waals surface area contributed by atoms with Gasteiger partial charge in [0, 0.05) is 24.7 Å². The molecule has 1 aromatic carbocycles. The summed E-state index contributed by atoms with van der Waals surface area (Å²) in [5.41, 5.74) is 8.35. The zero-order valence-corrected chi connectivity index (χ0v) is 10.9. The number of hydrogen-bond donors (Lipinski definition) is 1. The van der Waals surface area contributed by atoms with Crippen LogP contribution in [0.2, 0.25) is 0 Å². The maximum absolute atomic E-state index is 11.4. The van der Waals surface area contributed by atoms with Crippen molar-refractivity contribution in [3.05, 3.63) is 29.8 Å². The van der Waals surface area contributed by atoms with Crippen molar-refractivity contribution in [3.63, 3.8) is 0 Å². The largest absolute Gasteiger partial charge is 0.468 e. The van der Waals surface area contributed by atoms with E-state index in [0.29, 0.717) is 0 Å². The molecule has 4 nitrogen and oxygen atoms in total. The number of carbonyl (C=O) groups is 1. The van der Waals surface area contributed by atoms with Gasteiger partial charge in [0.15, 0.2) is 0 Å². The first-order valence-corrected chi connectivity index (χ1v) is 6.27. The lowest BCUT2D eigenvalue weighted by Gasteiger charge is -2.21. The molecule has 0 amide bonds. The van der Waals surface area contributed by atoms with Crippen molar-refractivity contribution in [3.8, 4) is 0 Å². The Bertz CT molecular complexity index is 434. The lowest BCUT2D eigenvalue weighted by atomic mass is 10.00. The molecule has 0 saturated carbocycles. The Morgan fingerprint density at radius 1 is 1.56 bits per heavy atom. The SMILES string of the molecule is COC(=O)C(N)C1CCN(c2cccc(C)c2)C1. The van der Waals surface area contributed by atoms with Crippen LogP contribution in [0.25, 0.3) is 0 Å². The van der Waals surface area contributed by atoms with Crippen LogP contribution in [-0.4, -0.2) is 32.2 Å². The van der Waals surface area contributed by atoms with E-state index in [1.54, 1.807) is 0 Å². The van der Waals surface area contributed by atoms with E-state index in [2.05, 4.69) is 36.1 Å². The summed E-state index contributed by atoms with van der Waals surface area (Å²) in [5.74, 6) is -0.135. The number of methoxy groups -OCH3 is 1. The minimum atomic E-state index is -0.509. The van der Waals surface area contributed by atoms with Gasteiger partial charge in [-0.2, -0.15) is 0 Å². The maximum atomic E-state index is 11.4. The van der Waals surface area contributed by atoms with E-state index in [-0.39, 0.29) is 11.9 Å². The summed E-state index contributed by atoms with van der Waals surface area (Å²) in [6.45, 7) is 3.84. The van der Waals surface area contributed by atoms with Crippen LogP contribution in [0.15, 0.2) is 24.3 Å². The van der Waals surface area contributed by atoms with Gasteiger partial charge in [0.25, 0.3) is 0 Å². The normalized spacial score (nSPS) is 20.8. The number of ether oxygens (including phenoxy) is 1. The smallest absolute Gasteiger partial charge is 0.322 e. The van der Waals surface area contributed by atoms with Crippen molar-refractivity contribution in [1.29, 1.82) is 0 Å². The van der Waals surface area contributed by atoms with E-state index in [1.807, 2.05) is 0 Å². The van der Waals surface area contributed by atoms with Crippen molar-refractivity contribution in [2.45, 2.75) is 19.4 Å². The molecule has 98 valence electrons. The number of nitrogens with two attached hydrogens (primary N) is 1. The van der Waals surface area contributed by atoms with Crippen LogP contribution in [-0.2, 0) is 9.53 Å². The van der Waals surface area contributed by atoms with E-state index in [0.717, 1.165) is 19.5 Å². The van der Waals surface area contributed by atoms with Gasteiger partial charge in [-0.1, -0.05) is 12.1 Å². The van der Waals surface area contributed by atoms with Crippen LogP contribution in [0.4, 0.5) is 5.69 Å². The molecule has 1 heterocycles. The number of esters is 1. The predicted molar refractivity (Wildman–Crippen MR) is 71.5 cm³/mol. The van der Waals surface area contributed by atoms with Crippen LogP contribution >= 0.6 is 0 Å². The Morgan fingerprint density at radius 2 is 2.33 bits per heavy atom. The third-order valence-electron chi connectivity index (χ3n) is 3.57. The Hall–Kier alpha value is -1.55. The van der Waals surface area contributed by atoms with Crippen LogP contribution < -0.4 is 10.6 Å². The van der Waals surface area contributed by atoms with Gasteiger partial charge in [0.2, 0.25) is 0 Å². The van der Waals surface area contributed by atoms with Crippen molar-refractivity contribution < 1.29 is 9.53 Å². The van der Waals surface area contributed by atoms with Crippen molar-refractivity contribution in [2.75, 3.05) is 25.1 Å². The number of rotatable bonds is 3. The van der Waals surface area contributed by atoms with Gasteiger partial charge in [0.1, 0.15) is 6.04 Å². The second-order valence-electron chi connectivity index (χ2n) is 4.88. The molecular weight excluding hydrogens is 228 g/mol. The average Bonchev–Trinajstić information content (AvgIpc) is 2.86. The zero-order valence-electron chi connectivity index (χ0n) is 10.9. The molecule has 0 aromatic heterocycles. The van der Waals surface area contributed by atoms with Gasteiger partial charge >= 0.3 is 5.97 Å². The molecular formula is C14H20N2O2. The molecule has 18 heavy (non-hydrogen) atoms. The van der Waals surface area contributed by atoms with Crippen LogP contribution in [0, 0.1) is 12.8 Å². The highest BCUT2D eigenvalue weighted by Gasteiger charge is 2.32. The summed E-state index contributed by atoms with van der Waals surface area (Å²) >= 11 is 0. The highest BCUT2D eigenvalue weighted by atomic mass is 16.5. The molecule has 1 fully saturated rings. The molecule has 0 bridgehead atoms. The molecule has 4 heteroatoms. The minimum Gasteiger partial charge on any atom is -0.468 e. The molecule has 2 rings (SSSR count). The fourth-order valence-corrected chi connectivity index (χ4v) is 2.47. The Morgan fingerprint density at radius 3 is 3.00 bits per heavy atom. The molecule has 2 N–H and O–H groups in total. The zero-order chi connectivity index (χ0) is 13.1. The van der Waals surface area contributed by atoms with Crippen molar-refractivity contribution in [1.82, 2.24) is 0 Å². The van der Waals surface area contributed by atoms with Gasteiger partial charge in [0.05, 0.1) is 7.11 Å². The third-order valence-corrected chi connectivity index (χ3v) is 3.57. The first kappa shape index (κ1) is 12.9. The van der Waals surface area contributed by atoms with Gasteiger partial charge in [-0.25, -0.2) is 0 Å². The van der Waals surface area contributed by atoms with Crippen LogP contribution in [0.5, 0.6) is 0 Å². The maximum Gasteiger partial charge on any atom is 0.322 e. The van der Waals surface area contributed by atoms with Crippen molar-refractivity contribution >= 4 is 11.7 Å². The summed E-state index contributed by atoms with van der Waals surface area (Å²) < 4.78 is 4.70. The first-order valence-electron chi connectivity index (χ1n) is 6.27.